The maximum Gasteiger partial charge on any atom is 0.132 e. The molecule has 0 aliphatic rings. The van der Waals surface area contributed by atoms with Crippen molar-refractivity contribution in [2.75, 3.05) is 18.0 Å². The number of rotatable bonds is 7. The highest BCUT2D eigenvalue weighted by atomic mass is 15.2. The standard InChI is InChI=1S/C13H24N4/c1-4-11-9-13(16-10-15-11)17(8-7-14)12(5-2)6-3/h9-10,12H,4-8,14H2,1-3H3. The fourth-order valence-electron chi connectivity index (χ4n) is 2.09. The van der Waals surface area contributed by atoms with E-state index in [4.69, 9.17) is 5.73 Å². The van der Waals surface area contributed by atoms with Crippen LogP contribution in [0.25, 0.3) is 0 Å². The van der Waals surface area contributed by atoms with Gasteiger partial charge in [-0.1, -0.05) is 20.8 Å². The first-order valence-corrected chi connectivity index (χ1v) is 6.54. The molecule has 0 unspecified atom stereocenters. The third-order valence-corrected chi connectivity index (χ3v) is 3.12. The van der Waals surface area contributed by atoms with E-state index in [9.17, 15) is 0 Å². The number of hydrogen-bond donors (Lipinski definition) is 1. The molecule has 2 N–H and O–H groups in total. The molecule has 0 aliphatic carbocycles. The summed E-state index contributed by atoms with van der Waals surface area (Å²) in [6, 6.07) is 2.59. The molecule has 0 amide bonds. The lowest BCUT2D eigenvalue weighted by molar-refractivity contribution is 0.553. The highest BCUT2D eigenvalue weighted by Crippen LogP contribution is 2.18. The molecule has 1 aromatic heterocycles. The van der Waals surface area contributed by atoms with Gasteiger partial charge >= 0.3 is 0 Å². The van der Waals surface area contributed by atoms with Gasteiger partial charge in [-0.05, 0) is 19.3 Å². The van der Waals surface area contributed by atoms with Crippen molar-refractivity contribution in [2.45, 2.75) is 46.1 Å². The molecule has 0 spiro atoms. The van der Waals surface area contributed by atoms with Crippen LogP contribution in [0.4, 0.5) is 5.82 Å². The van der Waals surface area contributed by atoms with Crippen LogP contribution in [0.2, 0.25) is 0 Å². The molecule has 0 bridgehead atoms. The number of nitrogens with zero attached hydrogens (tertiary/aromatic N) is 3. The van der Waals surface area contributed by atoms with Crippen LogP contribution in [-0.2, 0) is 6.42 Å². The smallest absolute Gasteiger partial charge is 0.132 e. The zero-order valence-electron chi connectivity index (χ0n) is 11.2. The van der Waals surface area contributed by atoms with Crippen LogP contribution < -0.4 is 10.6 Å². The quantitative estimate of drug-likeness (QED) is 0.786. The second-order valence-corrected chi connectivity index (χ2v) is 4.17. The first-order chi connectivity index (χ1) is 8.26. The van der Waals surface area contributed by atoms with E-state index in [1.165, 1.54) is 0 Å². The Morgan fingerprint density at radius 3 is 2.47 bits per heavy atom. The third-order valence-electron chi connectivity index (χ3n) is 3.12. The van der Waals surface area contributed by atoms with Gasteiger partial charge in [0, 0.05) is 30.9 Å². The Hall–Kier alpha value is -1.16. The third kappa shape index (κ3) is 3.66. The number of nitrogens with two attached hydrogens (primary N) is 1. The van der Waals surface area contributed by atoms with Crippen molar-refractivity contribution in [1.29, 1.82) is 0 Å². The van der Waals surface area contributed by atoms with Gasteiger partial charge in [0.1, 0.15) is 12.1 Å². The van der Waals surface area contributed by atoms with Crippen LogP contribution in [0.3, 0.4) is 0 Å². The lowest BCUT2D eigenvalue weighted by Gasteiger charge is -2.31. The minimum Gasteiger partial charge on any atom is -0.352 e. The summed E-state index contributed by atoms with van der Waals surface area (Å²) in [5, 5.41) is 0. The Kier molecular flexibility index (Phi) is 5.91. The Bertz CT molecular complexity index is 323. The number of aryl methyl sites for hydroxylation is 1. The summed E-state index contributed by atoms with van der Waals surface area (Å²) in [6.07, 6.45) is 4.82. The van der Waals surface area contributed by atoms with Gasteiger partial charge in [-0.2, -0.15) is 0 Å². The minimum atomic E-state index is 0.512. The largest absolute Gasteiger partial charge is 0.352 e. The highest BCUT2D eigenvalue weighted by Gasteiger charge is 2.16. The summed E-state index contributed by atoms with van der Waals surface area (Å²) in [6.45, 7) is 8.03. The molecule has 0 fully saturated rings. The van der Waals surface area contributed by atoms with Gasteiger partial charge < -0.3 is 10.6 Å². The molecule has 1 rings (SSSR count). The first kappa shape index (κ1) is 13.9. The van der Waals surface area contributed by atoms with Crippen molar-refractivity contribution in [3.63, 3.8) is 0 Å². The molecule has 4 nitrogen and oxygen atoms in total. The molecule has 1 heterocycles. The van der Waals surface area contributed by atoms with Gasteiger partial charge in [0.15, 0.2) is 0 Å². The predicted octanol–water partition coefficient (Wildman–Crippen LogP) is 1.99. The number of hydrogen-bond acceptors (Lipinski definition) is 4. The van der Waals surface area contributed by atoms with Gasteiger partial charge in [0.2, 0.25) is 0 Å². The average molecular weight is 236 g/mol. The van der Waals surface area contributed by atoms with Crippen LogP contribution in [0.5, 0.6) is 0 Å². The molecule has 0 saturated carbocycles. The van der Waals surface area contributed by atoms with E-state index in [1.54, 1.807) is 6.33 Å². The zero-order chi connectivity index (χ0) is 12.7. The maximum atomic E-state index is 5.70. The summed E-state index contributed by atoms with van der Waals surface area (Å²) in [5.41, 5.74) is 6.79. The summed E-state index contributed by atoms with van der Waals surface area (Å²) in [4.78, 5) is 10.9. The van der Waals surface area contributed by atoms with Crippen molar-refractivity contribution in [2.24, 2.45) is 5.73 Å². The van der Waals surface area contributed by atoms with Crippen LogP contribution in [0.1, 0.15) is 39.3 Å². The van der Waals surface area contributed by atoms with E-state index in [0.29, 0.717) is 12.6 Å². The second kappa shape index (κ2) is 7.22. The van der Waals surface area contributed by atoms with Crippen molar-refractivity contribution in [1.82, 2.24) is 9.97 Å². The molecule has 0 aromatic carbocycles. The molecule has 0 saturated heterocycles. The van der Waals surface area contributed by atoms with Crippen LogP contribution >= 0.6 is 0 Å². The van der Waals surface area contributed by atoms with Crippen LogP contribution in [0, 0.1) is 0 Å². The fraction of sp³-hybridized carbons (Fsp3) is 0.692. The van der Waals surface area contributed by atoms with E-state index < -0.39 is 0 Å². The van der Waals surface area contributed by atoms with Gasteiger partial charge in [-0.15, -0.1) is 0 Å². The zero-order valence-corrected chi connectivity index (χ0v) is 11.2. The van der Waals surface area contributed by atoms with Gasteiger partial charge in [0.25, 0.3) is 0 Å². The molecule has 17 heavy (non-hydrogen) atoms. The molecule has 0 aliphatic heterocycles. The Balaban J connectivity index is 2.94. The highest BCUT2D eigenvalue weighted by molar-refractivity contribution is 5.40. The van der Waals surface area contributed by atoms with Crippen molar-refractivity contribution in [3.8, 4) is 0 Å². The maximum absolute atomic E-state index is 5.70. The molecule has 1 aromatic rings. The van der Waals surface area contributed by atoms with E-state index in [0.717, 1.165) is 37.3 Å². The van der Waals surface area contributed by atoms with E-state index >= 15 is 0 Å². The lowest BCUT2D eigenvalue weighted by atomic mass is 10.1. The molecule has 96 valence electrons. The van der Waals surface area contributed by atoms with Gasteiger partial charge in [0.05, 0.1) is 0 Å². The topological polar surface area (TPSA) is 55.0 Å². The molecular formula is C13H24N4. The molecular weight excluding hydrogens is 212 g/mol. The lowest BCUT2D eigenvalue weighted by Crippen LogP contribution is -2.39. The summed E-state index contributed by atoms with van der Waals surface area (Å²) in [5.74, 6) is 1.01. The van der Waals surface area contributed by atoms with Gasteiger partial charge in [-0.25, -0.2) is 9.97 Å². The summed E-state index contributed by atoms with van der Waals surface area (Å²) < 4.78 is 0. The average Bonchev–Trinajstić information content (AvgIpc) is 2.39. The van der Waals surface area contributed by atoms with Crippen molar-refractivity contribution < 1.29 is 0 Å². The van der Waals surface area contributed by atoms with Crippen LogP contribution in [0.15, 0.2) is 12.4 Å². The number of anilines is 1. The predicted molar refractivity (Wildman–Crippen MR) is 72.2 cm³/mol. The van der Waals surface area contributed by atoms with E-state index in [-0.39, 0.29) is 0 Å². The second-order valence-electron chi connectivity index (χ2n) is 4.17. The van der Waals surface area contributed by atoms with Crippen molar-refractivity contribution >= 4 is 5.82 Å². The van der Waals surface area contributed by atoms with Gasteiger partial charge in [-0.3, -0.25) is 0 Å². The molecule has 0 atom stereocenters. The van der Waals surface area contributed by atoms with Crippen LogP contribution in [-0.4, -0.2) is 29.1 Å². The minimum absolute atomic E-state index is 0.512. The van der Waals surface area contributed by atoms with E-state index in [1.807, 2.05) is 0 Å². The Morgan fingerprint density at radius 1 is 1.24 bits per heavy atom. The molecule has 4 heteroatoms. The Morgan fingerprint density at radius 2 is 1.94 bits per heavy atom. The van der Waals surface area contributed by atoms with E-state index in [2.05, 4.69) is 41.7 Å². The fourth-order valence-corrected chi connectivity index (χ4v) is 2.09. The number of aromatic nitrogens is 2. The Labute approximate surface area is 104 Å². The summed E-state index contributed by atoms with van der Waals surface area (Å²) in [7, 11) is 0. The normalized spacial score (nSPS) is 10.9. The monoisotopic (exact) mass is 236 g/mol. The first-order valence-electron chi connectivity index (χ1n) is 6.54. The summed E-state index contributed by atoms with van der Waals surface area (Å²) >= 11 is 0. The SMILES string of the molecule is CCc1cc(N(CCN)C(CC)CC)ncn1. The molecule has 0 radical (unpaired) electrons. The van der Waals surface area contributed by atoms with Crippen molar-refractivity contribution in [3.05, 3.63) is 18.1 Å².